The molecule has 1 fully saturated rings. The van der Waals surface area contributed by atoms with Crippen molar-refractivity contribution in [3.8, 4) is 0 Å². The van der Waals surface area contributed by atoms with Crippen molar-refractivity contribution in [2.45, 2.75) is 40.6 Å². The summed E-state index contributed by atoms with van der Waals surface area (Å²) in [5.74, 6) is -4.61. The zero-order valence-electron chi connectivity index (χ0n) is 20.8. The average molecular weight is 605 g/mol. The Morgan fingerprint density at radius 3 is 2.59 bits per heavy atom. The zero-order valence-corrected chi connectivity index (χ0v) is 22.4. The summed E-state index contributed by atoms with van der Waals surface area (Å²) >= 11 is 2.22. The van der Waals surface area contributed by atoms with E-state index >= 15 is 0 Å². The minimum Gasteiger partial charge on any atom is -0.481 e. The molecule has 0 saturated carbocycles. The number of β-lactam (4-membered cyclic amide) rings is 1. The lowest BCUT2D eigenvalue weighted by molar-refractivity contribution is -0.151. The van der Waals surface area contributed by atoms with Crippen LogP contribution in [-0.4, -0.2) is 86.2 Å². The molecule has 2 aliphatic rings. The summed E-state index contributed by atoms with van der Waals surface area (Å²) in [5.41, 5.74) is -0.259. The number of nitrogens with one attached hydrogen (secondary N) is 2. The van der Waals surface area contributed by atoms with Crippen molar-refractivity contribution in [3.63, 3.8) is 0 Å². The molecule has 14 nitrogen and oxygen atoms in total. The Hall–Kier alpha value is -4.22. The van der Waals surface area contributed by atoms with Gasteiger partial charge in [-0.3, -0.25) is 19.3 Å². The Labute approximate surface area is 237 Å². The number of rotatable bonds is 10. The van der Waals surface area contributed by atoms with Gasteiger partial charge in [-0.2, -0.15) is 14.7 Å². The minimum absolute atomic E-state index is 0.00337. The van der Waals surface area contributed by atoms with Crippen LogP contribution in [0.2, 0.25) is 0 Å². The number of benzene rings is 1. The number of aromatic nitrogens is 4. The second-order valence-electron chi connectivity index (χ2n) is 9.04. The predicted molar refractivity (Wildman–Crippen MR) is 141 cm³/mol. The van der Waals surface area contributed by atoms with Crippen LogP contribution in [0, 0.1) is 5.82 Å². The van der Waals surface area contributed by atoms with Crippen molar-refractivity contribution in [2.24, 2.45) is 0 Å². The number of aliphatic hydroxyl groups is 1. The minimum atomic E-state index is -1.68. The fourth-order valence-electron chi connectivity index (χ4n) is 4.47. The number of amides is 2. The smallest absolute Gasteiger partial charge is 0.364 e. The second kappa shape index (κ2) is 11.3. The number of thioether (sulfide) groups is 2. The maximum atomic E-state index is 13.2. The number of hydrogen-bond donors (Lipinski definition) is 5. The van der Waals surface area contributed by atoms with Crippen LogP contribution in [0.5, 0.6) is 0 Å². The molecule has 1 aromatic carbocycles. The largest absolute Gasteiger partial charge is 0.481 e. The molecular weight excluding hydrogens is 583 g/mol. The highest BCUT2D eigenvalue weighted by atomic mass is 32.2. The van der Waals surface area contributed by atoms with E-state index in [0.29, 0.717) is 5.03 Å². The molecule has 2 aliphatic heterocycles. The molecule has 17 heteroatoms. The van der Waals surface area contributed by atoms with Crippen LogP contribution in [0.25, 0.3) is 5.65 Å². The number of nitrogens with zero attached hydrogens (tertiary/aromatic N) is 4. The number of carbonyl (C=O) groups is 4. The number of aromatic amines is 1. The van der Waals surface area contributed by atoms with E-state index in [0.717, 1.165) is 33.3 Å². The van der Waals surface area contributed by atoms with Gasteiger partial charge in [-0.1, -0.05) is 23.9 Å². The van der Waals surface area contributed by atoms with E-state index in [1.165, 1.54) is 30.0 Å². The van der Waals surface area contributed by atoms with Gasteiger partial charge in [-0.05, 0) is 41.8 Å². The summed E-state index contributed by atoms with van der Waals surface area (Å²) < 4.78 is 14.2. The molecule has 0 spiro atoms. The van der Waals surface area contributed by atoms with Gasteiger partial charge < -0.3 is 20.6 Å². The topological polar surface area (TPSA) is 207 Å². The van der Waals surface area contributed by atoms with Gasteiger partial charge in [-0.25, -0.2) is 19.1 Å². The molecule has 3 unspecified atom stereocenters. The van der Waals surface area contributed by atoms with Crippen LogP contribution in [0.15, 0.2) is 57.5 Å². The number of carboxylic acids is 2. The summed E-state index contributed by atoms with van der Waals surface area (Å²) in [6, 6.07) is 6.56. The van der Waals surface area contributed by atoms with E-state index in [-0.39, 0.29) is 41.1 Å². The number of aliphatic hydroxyl groups excluding tert-OH is 1. The number of H-pyrrole nitrogens is 1. The average Bonchev–Trinajstić information content (AvgIpc) is 3.32. The summed E-state index contributed by atoms with van der Waals surface area (Å²) in [4.78, 5) is 62.5. The summed E-state index contributed by atoms with van der Waals surface area (Å²) in [6.45, 7) is 0. The molecule has 214 valence electrons. The highest BCUT2D eigenvalue weighted by molar-refractivity contribution is 8.01. The van der Waals surface area contributed by atoms with Crippen molar-refractivity contribution in [2.75, 3.05) is 5.75 Å². The van der Waals surface area contributed by atoms with Gasteiger partial charge in [0, 0.05) is 17.4 Å². The fraction of sp³-hybridized carbons (Fsp3) is 0.292. The Balaban J connectivity index is 1.39. The Morgan fingerprint density at radius 2 is 1.90 bits per heavy atom. The normalized spacial score (nSPS) is 19.9. The van der Waals surface area contributed by atoms with Crippen LogP contribution < -0.4 is 11.0 Å². The molecule has 4 heterocycles. The molecule has 0 aliphatic carbocycles. The van der Waals surface area contributed by atoms with E-state index < -0.39 is 58.0 Å². The van der Waals surface area contributed by atoms with Crippen LogP contribution in [-0.2, 0) is 19.2 Å². The van der Waals surface area contributed by atoms with Gasteiger partial charge in [0.1, 0.15) is 28.0 Å². The molecule has 0 radical (unpaired) electrons. The maximum Gasteiger partial charge on any atom is 0.364 e. The van der Waals surface area contributed by atoms with E-state index in [2.05, 4.69) is 20.6 Å². The first-order valence-electron chi connectivity index (χ1n) is 12.0. The Bertz CT molecular complexity index is 1640. The van der Waals surface area contributed by atoms with E-state index in [9.17, 15) is 43.7 Å². The third kappa shape index (κ3) is 5.55. The first-order valence-corrected chi connectivity index (χ1v) is 14.0. The number of hydrogen-bond acceptors (Lipinski definition) is 10. The van der Waals surface area contributed by atoms with Crippen LogP contribution in [0.1, 0.15) is 24.5 Å². The zero-order chi connectivity index (χ0) is 29.4. The summed E-state index contributed by atoms with van der Waals surface area (Å²) in [7, 11) is 0. The summed E-state index contributed by atoms with van der Waals surface area (Å²) in [5, 5.41) is 41.2. The molecular formula is C24H21FN6O8S2. The fourth-order valence-corrected chi connectivity index (χ4v) is 7.14. The number of carboxylic acid groups (broad SMARTS) is 2. The first-order chi connectivity index (χ1) is 19.5. The van der Waals surface area contributed by atoms with Crippen molar-refractivity contribution >= 4 is 52.9 Å². The standard InChI is InChI=1S/C24H21FN6O8S2/c25-11-3-1-10(2-4-11)19(34)20(35)26-17-21(36)30-18(23(37)38)12(9-40-22(17)30)13(5-8-16(32)33)41-15-7-6-14-27-28-24(39)31(14)29-15/h1-4,6-7,13,17,19,22,34H,5,8-9H2,(H,26,35)(H,28,39)(H,32,33)(H,37,38)/t13?,17?,19?,22-/m0/s1. The van der Waals surface area contributed by atoms with E-state index in [4.69, 9.17) is 0 Å². The molecule has 5 N–H and O–H groups in total. The first kappa shape index (κ1) is 28.3. The van der Waals surface area contributed by atoms with Gasteiger partial charge in [0.15, 0.2) is 11.8 Å². The van der Waals surface area contributed by atoms with Crippen LogP contribution >= 0.6 is 23.5 Å². The molecule has 4 atom stereocenters. The van der Waals surface area contributed by atoms with Gasteiger partial charge in [-0.15, -0.1) is 11.8 Å². The number of aliphatic carboxylic acids is 2. The van der Waals surface area contributed by atoms with Crippen LogP contribution in [0.3, 0.4) is 0 Å². The van der Waals surface area contributed by atoms with Crippen molar-refractivity contribution in [1.29, 1.82) is 0 Å². The summed E-state index contributed by atoms with van der Waals surface area (Å²) in [6.07, 6.45) is -1.98. The second-order valence-corrected chi connectivity index (χ2v) is 11.4. The molecule has 5 rings (SSSR count). The number of fused-ring (bicyclic) bond motifs is 2. The number of halogens is 1. The van der Waals surface area contributed by atoms with Crippen molar-refractivity contribution in [3.05, 3.63) is 69.5 Å². The maximum absolute atomic E-state index is 13.2. The molecule has 41 heavy (non-hydrogen) atoms. The van der Waals surface area contributed by atoms with Crippen molar-refractivity contribution in [1.82, 2.24) is 30.0 Å². The lowest BCUT2D eigenvalue weighted by Gasteiger charge is -2.50. The van der Waals surface area contributed by atoms with Crippen LogP contribution in [0.4, 0.5) is 4.39 Å². The van der Waals surface area contributed by atoms with E-state index in [1.54, 1.807) is 6.07 Å². The Morgan fingerprint density at radius 1 is 1.17 bits per heavy atom. The van der Waals surface area contributed by atoms with Crippen molar-refractivity contribution < 1.29 is 38.9 Å². The third-order valence-electron chi connectivity index (χ3n) is 6.45. The van der Waals surface area contributed by atoms with Gasteiger partial charge in [0.05, 0.1) is 0 Å². The molecule has 1 saturated heterocycles. The SMILES string of the molecule is O=C(O)CCC(Sc1ccc2n[nH]c(=O)n2n1)C1=C(C(=O)O)N2C(=O)C(NC(=O)C(O)c3ccc(F)cc3)[C@@H]2SC1. The molecule has 3 aromatic rings. The lowest BCUT2D eigenvalue weighted by atomic mass is 9.99. The molecule has 2 aromatic heterocycles. The lowest BCUT2D eigenvalue weighted by Crippen LogP contribution is -2.71. The predicted octanol–water partition coefficient (Wildman–Crippen LogP) is 0.354. The highest BCUT2D eigenvalue weighted by Crippen LogP contribution is 2.44. The van der Waals surface area contributed by atoms with E-state index in [1.807, 2.05) is 0 Å². The molecule has 0 bridgehead atoms. The molecule has 2 amide bonds. The highest BCUT2D eigenvalue weighted by Gasteiger charge is 2.55. The quantitative estimate of drug-likeness (QED) is 0.157. The van der Waals surface area contributed by atoms with Gasteiger partial charge in [0.2, 0.25) is 0 Å². The third-order valence-corrected chi connectivity index (χ3v) is 9.02. The number of carbonyl (C=O) groups excluding carboxylic acids is 2. The van der Waals surface area contributed by atoms with Gasteiger partial charge in [0.25, 0.3) is 11.8 Å². The Kier molecular flexibility index (Phi) is 7.83. The van der Waals surface area contributed by atoms with Gasteiger partial charge >= 0.3 is 17.6 Å². The monoisotopic (exact) mass is 604 g/mol.